The van der Waals surface area contributed by atoms with Gasteiger partial charge in [-0.05, 0) is 31.9 Å². The van der Waals surface area contributed by atoms with Crippen LogP contribution in [0.4, 0.5) is 0 Å². The minimum absolute atomic E-state index is 0.00384. The van der Waals surface area contributed by atoms with Gasteiger partial charge in [0.05, 0.1) is 11.3 Å². The number of thioether (sulfide) groups is 1. The summed E-state index contributed by atoms with van der Waals surface area (Å²) >= 11 is 1.32. The molecule has 1 aromatic carbocycles. The lowest BCUT2D eigenvalue weighted by atomic mass is 10.2. The molecule has 7 heteroatoms. The molecule has 28 heavy (non-hydrogen) atoms. The molecule has 3 aromatic rings. The Kier molecular flexibility index (Phi) is 6.24. The molecule has 6 nitrogen and oxygen atoms in total. The van der Waals surface area contributed by atoms with Crippen LogP contribution in [-0.4, -0.2) is 38.1 Å². The summed E-state index contributed by atoms with van der Waals surface area (Å²) in [5.74, 6) is 0.241. The summed E-state index contributed by atoms with van der Waals surface area (Å²) in [4.78, 5) is 35.0. The quantitative estimate of drug-likeness (QED) is 0.486. The van der Waals surface area contributed by atoms with Crippen LogP contribution in [0.2, 0.25) is 0 Å². The fourth-order valence-corrected chi connectivity index (χ4v) is 4.08. The van der Waals surface area contributed by atoms with Crippen LogP contribution in [0, 0.1) is 6.92 Å². The van der Waals surface area contributed by atoms with Gasteiger partial charge in [0, 0.05) is 25.3 Å². The molecule has 2 heterocycles. The highest BCUT2D eigenvalue weighted by Gasteiger charge is 2.19. The van der Waals surface area contributed by atoms with Gasteiger partial charge in [-0.1, -0.05) is 49.0 Å². The Morgan fingerprint density at radius 3 is 2.71 bits per heavy atom. The molecule has 0 saturated heterocycles. The average Bonchev–Trinajstić information content (AvgIpc) is 3.07. The van der Waals surface area contributed by atoms with Gasteiger partial charge in [0.15, 0.2) is 5.16 Å². The molecule has 0 fully saturated rings. The van der Waals surface area contributed by atoms with Crippen molar-refractivity contribution in [2.45, 2.75) is 44.9 Å². The Morgan fingerprint density at radius 2 is 2.04 bits per heavy atom. The molecule has 0 bridgehead atoms. The van der Waals surface area contributed by atoms with E-state index in [0.29, 0.717) is 22.7 Å². The normalized spacial score (nSPS) is 12.3. The van der Waals surface area contributed by atoms with Gasteiger partial charge in [-0.15, -0.1) is 0 Å². The van der Waals surface area contributed by atoms with Crippen molar-refractivity contribution in [3.8, 4) is 0 Å². The number of carbonyl (C=O) groups is 1. The molecule has 1 N–H and O–H groups in total. The average molecular weight is 399 g/mol. The molecule has 3 rings (SSSR count). The van der Waals surface area contributed by atoms with Crippen LogP contribution in [0.15, 0.2) is 46.3 Å². The molecule has 0 aliphatic heterocycles. The van der Waals surface area contributed by atoms with E-state index >= 15 is 0 Å². The van der Waals surface area contributed by atoms with E-state index in [1.165, 1.54) is 11.8 Å². The van der Waals surface area contributed by atoms with Crippen LogP contribution in [0.5, 0.6) is 0 Å². The molecular formula is C21H26N4O2S. The lowest BCUT2D eigenvalue weighted by Gasteiger charge is -2.19. The monoisotopic (exact) mass is 398 g/mol. The number of aromatic amines is 1. The van der Waals surface area contributed by atoms with Crippen LogP contribution in [-0.2, 0) is 11.3 Å². The summed E-state index contributed by atoms with van der Waals surface area (Å²) in [6.07, 6.45) is 0.808. The second kappa shape index (κ2) is 8.65. The maximum Gasteiger partial charge on any atom is 0.278 e. The molecule has 1 unspecified atom stereocenters. The molecule has 148 valence electrons. The molecule has 1 atom stereocenters. The Morgan fingerprint density at radius 1 is 1.32 bits per heavy atom. The van der Waals surface area contributed by atoms with E-state index in [1.807, 2.05) is 57.2 Å². The number of nitrogens with one attached hydrogen (secondary N) is 1. The Labute approximate surface area is 169 Å². The molecule has 0 radical (unpaired) electrons. The zero-order chi connectivity index (χ0) is 20.3. The molecule has 0 aliphatic carbocycles. The second-order valence-electron chi connectivity index (χ2n) is 7.06. The first-order chi connectivity index (χ1) is 13.4. The summed E-state index contributed by atoms with van der Waals surface area (Å²) in [6.45, 7) is 6.50. The van der Waals surface area contributed by atoms with E-state index in [9.17, 15) is 9.59 Å². The maximum atomic E-state index is 13.0. The van der Waals surface area contributed by atoms with Gasteiger partial charge >= 0.3 is 0 Å². The summed E-state index contributed by atoms with van der Waals surface area (Å²) < 4.78 is 1.70. The fourth-order valence-electron chi connectivity index (χ4n) is 3.04. The summed E-state index contributed by atoms with van der Waals surface area (Å²) in [6, 6.07) is 11.8. The first-order valence-corrected chi connectivity index (χ1v) is 10.4. The van der Waals surface area contributed by atoms with Gasteiger partial charge in [-0.3, -0.25) is 14.2 Å². The number of amides is 1. The number of aromatic nitrogens is 3. The Hall–Kier alpha value is -2.54. The highest BCUT2D eigenvalue weighted by atomic mass is 32.2. The third-order valence-corrected chi connectivity index (χ3v) is 5.77. The number of carbonyl (C=O) groups excluding carboxylic acids is 1. The third kappa shape index (κ3) is 4.30. The van der Waals surface area contributed by atoms with Gasteiger partial charge in [0.1, 0.15) is 5.52 Å². The van der Waals surface area contributed by atoms with Crippen molar-refractivity contribution in [2.75, 3.05) is 12.8 Å². The van der Waals surface area contributed by atoms with Crippen LogP contribution in [0.1, 0.15) is 37.6 Å². The van der Waals surface area contributed by atoms with Gasteiger partial charge in [0.25, 0.3) is 5.56 Å². The lowest BCUT2D eigenvalue weighted by Crippen LogP contribution is -2.29. The predicted molar refractivity (Wildman–Crippen MR) is 114 cm³/mol. The summed E-state index contributed by atoms with van der Waals surface area (Å²) in [7, 11) is 1.80. The number of H-pyrrole nitrogens is 1. The lowest BCUT2D eigenvalue weighted by molar-refractivity contribution is -0.127. The highest BCUT2D eigenvalue weighted by Crippen LogP contribution is 2.23. The minimum Gasteiger partial charge on any atom is -0.353 e. The molecule has 0 spiro atoms. The van der Waals surface area contributed by atoms with Gasteiger partial charge in [-0.25, -0.2) is 4.98 Å². The topological polar surface area (TPSA) is 71.0 Å². The van der Waals surface area contributed by atoms with Crippen LogP contribution in [0.3, 0.4) is 0 Å². The Balaban J connectivity index is 1.81. The largest absolute Gasteiger partial charge is 0.353 e. The summed E-state index contributed by atoms with van der Waals surface area (Å²) in [5, 5.41) is 0.590. The van der Waals surface area contributed by atoms with Crippen molar-refractivity contribution >= 4 is 28.7 Å². The molecule has 0 aliphatic rings. The number of nitrogens with zero attached hydrogens (tertiary/aromatic N) is 3. The van der Waals surface area contributed by atoms with E-state index in [0.717, 1.165) is 17.7 Å². The van der Waals surface area contributed by atoms with Gasteiger partial charge in [0.2, 0.25) is 5.91 Å². The number of hydrogen-bond donors (Lipinski definition) is 1. The highest BCUT2D eigenvalue weighted by molar-refractivity contribution is 7.99. The molecule has 1 amide bonds. The zero-order valence-corrected chi connectivity index (χ0v) is 17.5. The van der Waals surface area contributed by atoms with E-state index in [2.05, 4.69) is 9.97 Å². The van der Waals surface area contributed by atoms with Crippen molar-refractivity contribution in [2.24, 2.45) is 0 Å². The van der Waals surface area contributed by atoms with Crippen molar-refractivity contribution in [1.82, 2.24) is 19.4 Å². The van der Waals surface area contributed by atoms with Gasteiger partial charge < -0.3 is 9.88 Å². The van der Waals surface area contributed by atoms with E-state index in [1.54, 1.807) is 16.5 Å². The molecule has 0 saturated carbocycles. The standard InChI is InChI=1S/C21H26N4O2S/c1-5-15(3)25-20(27)19-17(11-14(2)22-19)23-21(25)28-13-18(26)24(4)12-16-9-7-6-8-10-16/h6-11,15,22H,5,12-13H2,1-4H3. The van der Waals surface area contributed by atoms with Crippen molar-refractivity contribution in [1.29, 1.82) is 0 Å². The van der Waals surface area contributed by atoms with E-state index in [4.69, 9.17) is 0 Å². The smallest absolute Gasteiger partial charge is 0.278 e. The predicted octanol–water partition coefficient (Wildman–Crippen LogP) is 3.75. The molecule has 2 aromatic heterocycles. The fraction of sp³-hybridized carbons (Fsp3) is 0.381. The van der Waals surface area contributed by atoms with Crippen LogP contribution >= 0.6 is 11.8 Å². The van der Waals surface area contributed by atoms with E-state index in [-0.39, 0.29) is 23.3 Å². The number of fused-ring (bicyclic) bond motifs is 1. The summed E-state index contributed by atoms with van der Waals surface area (Å²) in [5.41, 5.74) is 3.07. The maximum absolute atomic E-state index is 13.0. The van der Waals surface area contributed by atoms with Crippen molar-refractivity contribution < 1.29 is 4.79 Å². The molecular weight excluding hydrogens is 372 g/mol. The number of benzene rings is 1. The first kappa shape index (κ1) is 20.2. The van der Waals surface area contributed by atoms with Crippen molar-refractivity contribution in [3.05, 3.63) is 58.0 Å². The first-order valence-electron chi connectivity index (χ1n) is 9.43. The van der Waals surface area contributed by atoms with Crippen molar-refractivity contribution in [3.63, 3.8) is 0 Å². The number of rotatable bonds is 7. The Bertz CT molecular complexity index is 1030. The number of aryl methyl sites for hydroxylation is 1. The van der Waals surface area contributed by atoms with Crippen LogP contribution in [0.25, 0.3) is 11.0 Å². The second-order valence-corrected chi connectivity index (χ2v) is 8.01. The van der Waals surface area contributed by atoms with Gasteiger partial charge in [-0.2, -0.15) is 0 Å². The SMILES string of the molecule is CCC(C)n1c(SCC(=O)N(C)Cc2ccccc2)nc2cc(C)[nH]c2c1=O. The third-order valence-electron chi connectivity index (χ3n) is 4.83. The zero-order valence-electron chi connectivity index (χ0n) is 16.7. The minimum atomic E-state index is -0.0833. The van der Waals surface area contributed by atoms with Crippen LogP contribution < -0.4 is 5.56 Å². The number of hydrogen-bond acceptors (Lipinski definition) is 4. The van der Waals surface area contributed by atoms with E-state index < -0.39 is 0 Å².